The molecular weight excluding hydrogens is 416 g/mol. The second-order valence-electron chi connectivity index (χ2n) is 7.74. The third-order valence-electron chi connectivity index (χ3n) is 5.94. The first-order chi connectivity index (χ1) is 13.7. The Bertz CT molecular complexity index is 1040. The molecule has 0 spiro atoms. The van der Waals surface area contributed by atoms with Gasteiger partial charge in [0.05, 0.1) is 17.6 Å². The summed E-state index contributed by atoms with van der Waals surface area (Å²) in [6.07, 6.45) is 0.197. The summed E-state index contributed by atoms with van der Waals surface area (Å²) in [5, 5.41) is 4.46. The minimum atomic E-state index is -3.35. The number of aryl methyl sites for hydroxylation is 1. The normalized spacial score (nSPS) is 24.8. The van der Waals surface area contributed by atoms with E-state index in [2.05, 4.69) is 10.1 Å². The Morgan fingerprint density at radius 2 is 2.07 bits per heavy atom. The van der Waals surface area contributed by atoms with Gasteiger partial charge >= 0.3 is 0 Å². The summed E-state index contributed by atoms with van der Waals surface area (Å²) in [6.45, 7) is 4.73. The second-order valence-corrected chi connectivity index (χ2v) is 10.4. The standard InChI is InChI=1S/C19H23ClN4O4S/c1-3-29(26,27)24-10-15-9-23(17(25)8-14-6-4-5-7-16(14)20)11-19(15,12-24)18-21-13(2)22-28-18/h4-7,15H,3,8-12H2,1-2H3/t15-,19-/m0/s1. The predicted molar refractivity (Wildman–Crippen MR) is 107 cm³/mol. The predicted octanol–water partition coefficient (Wildman–Crippen LogP) is 1.64. The molecule has 2 atom stereocenters. The molecule has 2 aliphatic rings. The van der Waals surface area contributed by atoms with Crippen molar-refractivity contribution < 1.29 is 17.7 Å². The fourth-order valence-electron chi connectivity index (χ4n) is 4.32. The van der Waals surface area contributed by atoms with Gasteiger partial charge in [0, 0.05) is 37.1 Å². The van der Waals surface area contributed by atoms with Gasteiger partial charge < -0.3 is 9.42 Å². The van der Waals surface area contributed by atoms with E-state index >= 15 is 0 Å². The molecule has 2 aromatic rings. The summed E-state index contributed by atoms with van der Waals surface area (Å²) in [5.74, 6) is 0.785. The number of carbonyl (C=O) groups excluding carboxylic acids is 1. The van der Waals surface area contributed by atoms with Crippen LogP contribution >= 0.6 is 11.6 Å². The highest BCUT2D eigenvalue weighted by atomic mass is 35.5. The minimum absolute atomic E-state index is 0.0355. The number of fused-ring (bicyclic) bond motifs is 1. The lowest BCUT2D eigenvalue weighted by Gasteiger charge is -2.25. The molecule has 0 saturated carbocycles. The lowest BCUT2D eigenvalue weighted by molar-refractivity contribution is -0.129. The fraction of sp³-hybridized carbons (Fsp3) is 0.526. The zero-order chi connectivity index (χ0) is 20.8. The SMILES string of the molecule is CCS(=O)(=O)N1C[C@@H]2CN(C(=O)Cc3ccccc3Cl)C[C@]2(c2nc(C)no2)C1. The third-order valence-corrected chi connectivity index (χ3v) is 8.10. The molecule has 0 N–H and O–H groups in total. The number of likely N-dealkylation sites (tertiary alicyclic amines) is 1. The molecule has 0 unspecified atom stereocenters. The van der Waals surface area contributed by atoms with E-state index in [1.54, 1.807) is 24.8 Å². The maximum Gasteiger partial charge on any atom is 0.236 e. The first kappa shape index (κ1) is 20.3. The second kappa shape index (κ2) is 7.37. The van der Waals surface area contributed by atoms with Crippen molar-refractivity contribution in [3.8, 4) is 0 Å². The van der Waals surface area contributed by atoms with Gasteiger partial charge in [-0.25, -0.2) is 12.7 Å². The molecule has 8 nitrogen and oxygen atoms in total. The van der Waals surface area contributed by atoms with Crippen molar-refractivity contribution in [3.63, 3.8) is 0 Å². The monoisotopic (exact) mass is 438 g/mol. The Morgan fingerprint density at radius 1 is 1.31 bits per heavy atom. The first-order valence-corrected chi connectivity index (χ1v) is 11.5. The average molecular weight is 439 g/mol. The molecule has 2 fully saturated rings. The molecule has 0 bridgehead atoms. The van der Waals surface area contributed by atoms with Gasteiger partial charge in [0.15, 0.2) is 5.82 Å². The van der Waals surface area contributed by atoms with Crippen molar-refractivity contribution in [2.24, 2.45) is 5.92 Å². The van der Waals surface area contributed by atoms with Crippen LogP contribution in [0.1, 0.15) is 24.2 Å². The van der Waals surface area contributed by atoms with Crippen molar-refractivity contribution in [2.75, 3.05) is 31.9 Å². The molecule has 2 aliphatic heterocycles. The number of benzene rings is 1. The summed E-state index contributed by atoms with van der Waals surface area (Å²) in [4.78, 5) is 19.1. The molecule has 1 amide bonds. The van der Waals surface area contributed by atoms with Crippen LogP contribution in [0.25, 0.3) is 0 Å². The van der Waals surface area contributed by atoms with Gasteiger partial charge in [-0.15, -0.1) is 0 Å². The zero-order valence-electron chi connectivity index (χ0n) is 16.3. The summed E-state index contributed by atoms with van der Waals surface area (Å²) < 4.78 is 31.9. The number of sulfonamides is 1. The molecule has 0 radical (unpaired) electrons. The highest BCUT2D eigenvalue weighted by molar-refractivity contribution is 7.89. The van der Waals surface area contributed by atoms with E-state index in [0.29, 0.717) is 36.4 Å². The Morgan fingerprint density at radius 3 is 2.72 bits per heavy atom. The lowest BCUT2D eigenvalue weighted by atomic mass is 9.81. The third kappa shape index (κ3) is 3.55. The Hall–Kier alpha value is -1.97. The van der Waals surface area contributed by atoms with Gasteiger partial charge in [0.1, 0.15) is 0 Å². The quantitative estimate of drug-likeness (QED) is 0.704. The van der Waals surface area contributed by atoms with Gasteiger partial charge in [-0.2, -0.15) is 4.98 Å². The van der Waals surface area contributed by atoms with E-state index in [1.165, 1.54) is 4.31 Å². The molecule has 10 heteroatoms. The Kier molecular flexibility index (Phi) is 5.16. The molecule has 29 heavy (non-hydrogen) atoms. The molecule has 2 saturated heterocycles. The molecule has 4 rings (SSSR count). The van der Waals surface area contributed by atoms with E-state index in [0.717, 1.165) is 5.56 Å². The highest BCUT2D eigenvalue weighted by Crippen LogP contribution is 2.45. The van der Waals surface area contributed by atoms with Gasteiger partial charge in [-0.05, 0) is 25.5 Å². The minimum Gasteiger partial charge on any atom is -0.341 e. The van der Waals surface area contributed by atoms with Crippen molar-refractivity contribution in [3.05, 3.63) is 46.6 Å². The molecule has 3 heterocycles. The van der Waals surface area contributed by atoms with Gasteiger partial charge in [-0.3, -0.25) is 4.79 Å². The number of nitrogens with zero attached hydrogens (tertiary/aromatic N) is 4. The maximum absolute atomic E-state index is 13.0. The van der Waals surface area contributed by atoms with Crippen LogP contribution in [-0.4, -0.2) is 65.6 Å². The topological polar surface area (TPSA) is 96.6 Å². The van der Waals surface area contributed by atoms with Crippen LogP contribution < -0.4 is 0 Å². The van der Waals surface area contributed by atoms with Crippen molar-refractivity contribution in [1.82, 2.24) is 19.3 Å². The molecule has 156 valence electrons. The molecule has 1 aromatic heterocycles. The number of halogens is 1. The highest BCUT2D eigenvalue weighted by Gasteiger charge is 2.59. The summed E-state index contributed by atoms with van der Waals surface area (Å²) >= 11 is 6.20. The number of amides is 1. The number of carbonyl (C=O) groups is 1. The Balaban J connectivity index is 1.60. The smallest absolute Gasteiger partial charge is 0.236 e. The number of hydrogen-bond donors (Lipinski definition) is 0. The van der Waals surface area contributed by atoms with E-state index < -0.39 is 15.4 Å². The van der Waals surface area contributed by atoms with E-state index in [1.807, 2.05) is 18.2 Å². The number of rotatable bonds is 5. The zero-order valence-corrected chi connectivity index (χ0v) is 17.9. The molecular formula is C19H23ClN4O4S. The summed E-state index contributed by atoms with van der Waals surface area (Å²) in [6, 6.07) is 7.28. The largest absolute Gasteiger partial charge is 0.341 e. The van der Waals surface area contributed by atoms with Gasteiger partial charge in [-0.1, -0.05) is 35.0 Å². The van der Waals surface area contributed by atoms with Crippen LogP contribution in [0.2, 0.25) is 5.02 Å². The van der Waals surface area contributed by atoms with E-state index in [4.69, 9.17) is 16.1 Å². The van der Waals surface area contributed by atoms with Crippen LogP contribution in [0.3, 0.4) is 0 Å². The lowest BCUT2D eigenvalue weighted by Crippen LogP contribution is -2.42. The summed E-state index contributed by atoms with van der Waals surface area (Å²) in [7, 11) is -3.35. The maximum atomic E-state index is 13.0. The van der Waals surface area contributed by atoms with Crippen LogP contribution in [0.15, 0.2) is 28.8 Å². The first-order valence-electron chi connectivity index (χ1n) is 9.55. The summed E-state index contributed by atoms with van der Waals surface area (Å²) in [5.41, 5.74) is 0.0914. The van der Waals surface area contributed by atoms with Crippen molar-refractivity contribution in [2.45, 2.75) is 25.7 Å². The van der Waals surface area contributed by atoms with E-state index in [9.17, 15) is 13.2 Å². The van der Waals surface area contributed by atoms with Crippen LogP contribution in [0, 0.1) is 12.8 Å². The average Bonchev–Trinajstić information content (AvgIpc) is 3.36. The molecule has 0 aliphatic carbocycles. The van der Waals surface area contributed by atoms with Gasteiger partial charge in [0.25, 0.3) is 0 Å². The fourth-order valence-corrected chi connectivity index (χ4v) is 5.72. The molecule has 1 aromatic carbocycles. The number of aromatic nitrogens is 2. The van der Waals surface area contributed by atoms with Crippen LogP contribution in [-0.2, 0) is 26.7 Å². The Labute approximate surface area is 174 Å². The van der Waals surface area contributed by atoms with Crippen LogP contribution in [0.4, 0.5) is 0 Å². The van der Waals surface area contributed by atoms with E-state index in [-0.39, 0.29) is 30.5 Å². The van der Waals surface area contributed by atoms with Gasteiger partial charge in [0.2, 0.25) is 21.8 Å². The van der Waals surface area contributed by atoms with Crippen molar-refractivity contribution >= 4 is 27.5 Å². The van der Waals surface area contributed by atoms with Crippen molar-refractivity contribution in [1.29, 1.82) is 0 Å². The number of hydrogen-bond acceptors (Lipinski definition) is 6. The van der Waals surface area contributed by atoms with Crippen LogP contribution in [0.5, 0.6) is 0 Å².